The highest BCUT2D eigenvalue weighted by Gasteiger charge is 2.31. The molecule has 1 aromatic carbocycles. The molecular weight excluding hydrogens is 366 g/mol. The van der Waals surface area contributed by atoms with Gasteiger partial charge in [0, 0.05) is 16.8 Å². The van der Waals surface area contributed by atoms with Crippen LogP contribution in [0.3, 0.4) is 0 Å². The van der Waals surface area contributed by atoms with Crippen LogP contribution in [0.2, 0.25) is 0 Å². The highest BCUT2D eigenvalue weighted by atomic mass is 79.9. The maximum atomic E-state index is 6.07. The second-order valence-corrected chi connectivity index (χ2v) is 7.44. The minimum Gasteiger partial charge on any atom is -0.465 e. The fourth-order valence-electron chi connectivity index (χ4n) is 3.07. The summed E-state index contributed by atoms with van der Waals surface area (Å²) in [6.45, 7) is 8.12. The number of aryl methyl sites for hydroxylation is 2. The van der Waals surface area contributed by atoms with Gasteiger partial charge in [0.05, 0.1) is 21.9 Å². The summed E-state index contributed by atoms with van der Waals surface area (Å²) >= 11 is 3.59. The van der Waals surface area contributed by atoms with E-state index in [4.69, 9.17) is 9.73 Å². The molecule has 24 heavy (non-hydrogen) atoms. The summed E-state index contributed by atoms with van der Waals surface area (Å²) in [5.41, 5.74) is 5.71. The molecule has 0 atom stereocenters. The van der Waals surface area contributed by atoms with Crippen LogP contribution < -0.4 is 4.74 Å². The molecule has 0 unspecified atom stereocenters. The molecule has 0 radical (unpaired) electrons. The van der Waals surface area contributed by atoms with Crippen molar-refractivity contribution in [2.24, 2.45) is 4.99 Å². The Morgan fingerprint density at radius 3 is 2.67 bits per heavy atom. The van der Waals surface area contributed by atoms with Crippen LogP contribution in [0.4, 0.5) is 0 Å². The van der Waals surface area contributed by atoms with Crippen LogP contribution in [0.25, 0.3) is 5.52 Å². The Hall–Kier alpha value is -2.14. The van der Waals surface area contributed by atoms with Crippen molar-refractivity contribution >= 4 is 27.2 Å². The van der Waals surface area contributed by atoms with Crippen molar-refractivity contribution in [3.8, 4) is 5.75 Å². The van der Waals surface area contributed by atoms with Gasteiger partial charge in [-0.25, -0.2) is 9.51 Å². The number of aliphatic imine (C=N–C) groups is 1. The molecule has 0 aliphatic carbocycles. The number of pyridine rings is 1. The molecule has 5 heteroatoms. The van der Waals surface area contributed by atoms with E-state index >= 15 is 0 Å². The van der Waals surface area contributed by atoms with Gasteiger partial charge in [-0.2, -0.15) is 5.10 Å². The fraction of sp³-hybridized carbons (Fsp3) is 0.263. The highest BCUT2D eigenvalue weighted by molar-refractivity contribution is 9.10. The van der Waals surface area contributed by atoms with Gasteiger partial charge < -0.3 is 4.74 Å². The summed E-state index contributed by atoms with van der Waals surface area (Å²) in [5, 5.41) is 4.58. The molecule has 1 aliphatic heterocycles. The first-order chi connectivity index (χ1) is 11.4. The average molecular weight is 384 g/mol. The van der Waals surface area contributed by atoms with Crippen molar-refractivity contribution in [2.45, 2.75) is 33.4 Å². The van der Waals surface area contributed by atoms with Crippen LogP contribution in [-0.2, 0) is 0 Å². The number of hydrogen-bond donors (Lipinski definition) is 0. The van der Waals surface area contributed by atoms with Gasteiger partial charge in [0.2, 0.25) is 0 Å². The lowest BCUT2D eigenvalue weighted by Crippen LogP contribution is -2.32. The molecule has 0 fully saturated rings. The Kier molecular flexibility index (Phi) is 3.32. The van der Waals surface area contributed by atoms with Crippen molar-refractivity contribution in [3.05, 3.63) is 63.4 Å². The van der Waals surface area contributed by atoms with Crippen LogP contribution in [-0.4, -0.2) is 21.1 Å². The molecule has 3 heterocycles. The van der Waals surface area contributed by atoms with Gasteiger partial charge in [-0.15, -0.1) is 0 Å². The molecule has 122 valence electrons. The molecule has 4 rings (SSSR count). The Morgan fingerprint density at radius 2 is 1.88 bits per heavy atom. The van der Waals surface area contributed by atoms with Gasteiger partial charge in [-0.05, 0) is 67.4 Å². The van der Waals surface area contributed by atoms with Gasteiger partial charge in [-0.1, -0.05) is 12.1 Å². The second kappa shape index (κ2) is 5.18. The molecule has 0 amide bonds. The second-order valence-electron chi connectivity index (χ2n) is 6.58. The molecule has 1 aliphatic rings. The summed E-state index contributed by atoms with van der Waals surface area (Å²) in [6.07, 6.45) is 1.90. The van der Waals surface area contributed by atoms with Crippen LogP contribution >= 0.6 is 15.9 Å². The quantitative estimate of drug-likeness (QED) is 0.611. The lowest BCUT2D eigenvalue weighted by atomic mass is 9.99. The van der Waals surface area contributed by atoms with Crippen molar-refractivity contribution < 1.29 is 4.74 Å². The first kappa shape index (κ1) is 15.4. The number of para-hydroxylation sites is 1. The van der Waals surface area contributed by atoms with Crippen molar-refractivity contribution in [1.29, 1.82) is 0 Å². The van der Waals surface area contributed by atoms with Gasteiger partial charge in [0.15, 0.2) is 5.72 Å². The van der Waals surface area contributed by atoms with E-state index in [9.17, 15) is 0 Å². The number of hydrogen-bond acceptors (Lipinski definition) is 3. The van der Waals surface area contributed by atoms with Gasteiger partial charge in [0.1, 0.15) is 5.75 Å². The number of halogens is 1. The SMILES string of the molecule is Cc1ccc2c(C3=NC(C)(C)Oc4c(Br)cccc43)cnn2c1C. The molecule has 4 nitrogen and oxygen atoms in total. The van der Waals surface area contributed by atoms with Crippen LogP contribution in [0.1, 0.15) is 36.2 Å². The summed E-state index contributed by atoms with van der Waals surface area (Å²) in [4.78, 5) is 4.86. The highest BCUT2D eigenvalue weighted by Crippen LogP contribution is 2.38. The van der Waals surface area contributed by atoms with Gasteiger partial charge >= 0.3 is 0 Å². The third-order valence-corrected chi connectivity index (χ3v) is 5.02. The Morgan fingerprint density at radius 1 is 1.08 bits per heavy atom. The topological polar surface area (TPSA) is 38.9 Å². The van der Waals surface area contributed by atoms with Crippen molar-refractivity contribution in [3.63, 3.8) is 0 Å². The summed E-state index contributed by atoms with van der Waals surface area (Å²) < 4.78 is 8.99. The zero-order valence-corrected chi connectivity index (χ0v) is 15.7. The Bertz CT molecular complexity index is 1000. The summed E-state index contributed by atoms with van der Waals surface area (Å²) in [5.74, 6) is 0.829. The minimum atomic E-state index is -0.625. The van der Waals surface area contributed by atoms with E-state index in [1.165, 1.54) is 5.56 Å². The van der Waals surface area contributed by atoms with E-state index in [0.717, 1.165) is 38.3 Å². The first-order valence-electron chi connectivity index (χ1n) is 7.89. The molecule has 0 saturated heterocycles. The molecule has 0 spiro atoms. The smallest absolute Gasteiger partial charge is 0.195 e. The first-order valence-corrected chi connectivity index (χ1v) is 8.69. The normalized spacial score (nSPS) is 15.8. The zero-order valence-electron chi connectivity index (χ0n) is 14.1. The van der Waals surface area contributed by atoms with E-state index in [0.29, 0.717) is 0 Å². The number of ether oxygens (including phenoxy) is 1. The maximum absolute atomic E-state index is 6.07. The Labute approximate surface area is 149 Å². The van der Waals surface area contributed by atoms with E-state index in [1.54, 1.807) is 0 Å². The largest absolute Gasteiger partial charge is 0.465 e. The van der Waals surface area contributed by atoms with E-state index < -0.39 is 5.72 Å². The van der Waals surface area contributed by atoms with Crippen molar-refractivity contribution in [1.82, 2.24) is 9.61 Å². The fourth-order valence-corrected chi connectivity index (χ4v) is 3.51. The van der Waals surface area contributed by atoms with E-state index in [-0.39, 0.29) is 0 Å². The maximum Gasteiger partial charge on any atom is 0.195 e. The summed E-state index contributed by atoms with van der Waals surface area (Å²) in [7, 11) is 0. The monoisotopic (exact) mass is 383 g/mol. The molecular formula is C19H18BrN3O. The third kappa shape index (κ3) is 2.26. The molecule has 0 N–H and O–H groups in total. The number of nitrogens with zero attached hydrogens (tertiary/aromatic N) is 3. The number of rotatable bonds is 1. The van der Waals surface area contributed by atoms with Crippen molar-refractivity contribution in [2.75, 3.05) is 0 Å². The molecule has 0 saturated carbocycles. The Balaban J connectivity index is 2.01. The zero-order chi connectivity index (χ0) is 17.1. The molecule has 2 aromatic heterocycles. The van der Waals surface area contributed by atoms with Crippen LogP contribution in [0.15, 0.2) is 46.0 Å². The minimum absolute atomic E-state index is 0.625. The molecule has 3 aromatic rings. The van der Waals surface area contributed by atoms with Crippen LogP contribution in [0, 0.1) is 13.8 Å². The molecule has 0 bridgehead atoms. The standard InChI is InChI=1S/C19H18BrN3O/c1-11-8-9-16-14(10-21-23(16)12(11)2)17-13-6-5-7-15(20)18(13)24-19(3,4)22-17/h5-10H,1-4H3. The predicted octanol–water partition coefficient (Wildman–Crippen LogP) is 4.68. The van der Waals surface area contributed by atoms with Crippen LogP contribution in [0.5, 0.6) is 5.75 Å². The number of fused-ring (bicyclic) bond motifs is 2. The van der Waals surface area contributed by atoms with E-state index in [1.807, 2.05) is 42.8 Å². The van der Waals surface area contributed by atoms with Gasteiger partial charge in [0.25, 0.3) is 0 Å². The lowest BCUT2D eigenvalue weighted by molar-refractivity contribution is 0.114. The summed E-state index contributed by atoms with van der Waals surface area (Å²) in [6, 6.07) is 10.3. The number of aromatic nitrogens is 2. The third-order valence-electron chi connectivity index (χ3n) is 4.40. The van der Waals surface area contributed by atoms with E-state index in [2.05, 4.69) is 47.0 Å². The van der Waals surface area contributed by atoms with Gasteiger partial charge in [-0.3, -0.25) is 0 Å². The predicted molar refractivity (Wildman–Crippen MR) is 99.2 cm³/mol. The number of benzene rings is 1. The average Bonchev–Trinajstić information content (AvgIpc) is 2.95. The lowest BCUT2D eigenvalue weighted by Gasteiger charge is -2.30.